The molecule has 2 atom stereocenters. The van der Waals surface area contributed by atoms with Crippen LogP contribution >= 0.6 is 0 Å². The number of hydrogen-bond donors (Lipinski definition) is 1. The van der Waals surface area contributed by atoms with Gasteiger partial charge < -0.3 is 19.5 Å². The van der Waals surface area contributed by atoms with Crippen molar-refractivity contribution in [2.75, 3.05) is 52.7 Å². The molecule has 0 saturated carbocycles. The van der Waals surface area contributed by atoms with Crippen molar-refractivity contribution in [3.8, 4) is 0 Å². The van der Waals surface area contributed by atoms with Crippen molar-refractivity contribution >= 4 is 0 Å². The quantitative estimate of drug-likeness (QED) is 0.668. The van der Waals surface area contributed by atoms with Gasteiger partial charge in [0.1, 0.15) is 0 Å². The minimum Gasteiger partial charge on any atom is -0.394 e. The maximum absolute atomic E-state index is 8.59. The fourth-order valence-corrected chi connectivity index (χ4v) is 2.74. The molecule has 0 aromatic rings. The van der Waals surface area contributed by atoms with E-state index >= 15 is 0 Å². The Kier molecular flexibility index (Phi) is 5.03. The number of hydrogen-bond acceptors (Lipinski definition) is 4. The predicted octanol–water partition coefficient (Wildman–Crippen LogP) is 0.354. The van der Waals surface area contributed by atoms with Gasteiger partial charge in [-0.3, -0.25) is 0 Å². The standard InChI is InChI=1S/C12H23NO3/c14-5-8-15-7-4-13-3-1-11(9-13)12-2-6-16-10-12/h11-12,14H,1-10H2. The van der Waals surface area contributed by atoms with E-state index in [0.717, 1.165) is 38.2 Å². The van der Waals surface area contributed by atoms with Gasteiger partial charge in [0, 0.05) is 26.3 Å². The van der Waals surface area contributed by atoms with Gasteiger partial charge in [0.25, 0.3) is 0 Å². The molecule has 2 heterocycles. The number of likely N-dealkylation sites (tertiary alicyclic amines) is 1. The van der Waals surface area contributed by atoms with E-state index in [1.165, 1.54) is 25.9 Å². The van der Waals surface area contributed by atoms with Crippen LogP contribution in [0.4, 0.5) is 0 Å². The van der Waals surface area contributed by atoms with Crippen LogP contribution in [0.5, 0.6) is 0 Å². The zero-order valence-corrected chi connectivity index (χ0v) is 9.94. The molecular weight excluding hydrogens is 206 g/mol. The van der Waals surface area contributed by atoms with Crippen LogP contribution < -0.4 is 0 Å². The minimum absolute atomic E-state index is 0.127. The van der Waals surface area contributed by atoms with Gasteiger partial charge in [0.05, 0.1) is 19.8 Å². The Morgan fingerprint density at radius 2 is 2.19 bits per heavy atom. The van der Waals surface area contributed by atoms with Gasteiger partial charge in [-0.15, -0.1) is 0 Å². The Morgan fingerprint density at radius 3 is 2.94 bits per heavy atom. The number of ether oxygens (including phenoxy) is 2. The molecule has 1 N–H and O–H groups in total. The number of rotatable bonds is 6. The van der Waals surface area contributed by atoms with E-state index in [2.05, 4.69) is 4.90 Å². The zero-order chi connectivity index (χ0) is 11.2. The Balaban J connectivity index is 1.59. The summed E-state index contributed by atoms with van der Waals surface area (Å²) in [4.78, 5) is 2.47. The molecule has 0 aliphatic carbocycles. The summed E-state index contributed by atoms with van der Waals surface area (Å²) in [6, 6.07) is 0. The Morgan fingerprint density at radius 1 is 1.25 bits per heavy atom. The van der Waals surface area contributed by atoms with Crippen LogP contribution in [0, 0.1) is 11.8 Å². The van der Waals surface area contributed by atoms with Crippen LogP contribution in [-0.2, 0) is 9.47 Å². The predicted molar refractivity (Wildman–Crippen MR) is 61.4 cm³/mol. The maximum Gasteiger partial charge on any atom is 0.0698 e. The summed E-state index contributed by atoms with van der Waals surface area (Å²) in [6.45, 7) is 6.68. The molecule has 2 aliphatic heterocycles. The van der Waals surface area contributed by atoms with Crippen molar-refractivity contribution < 1.29 is 14.6 Å². The smallest absolute Gasteiger partial charge is 0.0698 e. The molecule has 0 radical (unpaired) electrons. The van der Waals surface area contributed by atoms with Gasteiger partial charge in [-0.2, -0.15) is 0 Å². The summed E-state index contributed by atoms with van der Waals surface area (Å²) in [5.41, 5.74) is 0. The molecule has 0 amide bonds. The number of aliphatic hydroxyl groups is 1. The third-order valence-electron chi connectivity index (χ3n) is 3.73. The molecule has 2 rings (SSSR count). The summed E-state index contributed by atoms with van der Waals surface area (Å²) >= 11 is 0. The maximum atomic E-state index is 8.59. The summed E-state index contributed by atoms with van der Waals surface area (Å²) in [7, 11) is 0. The van der Waals surface area contributed by atoms with Crippen molar-refractivity contribution in [1.82, 2.24) is 4.90 Å². The van der Waals surface area contributed by atoms with E-state index in [0.29, 0.717) is 6.61 Å². The lowest BCUT2D eigenvalue weighted by Crippen LogP contribution is -2.27. The van der Waals surface area contributed by atoms with Crippen LogP contribution in [0.2, 0.25) is 0 Å². The molecule has 2 aliphatic rings. The second-order valence-electron chi connectivity index (χ2n) is 4.81. The first kappa shape index (κ1) is 12.3. The van der Waals surface area contributed by atoms with Crippen LogP contribution in [0.25, 0.3) is 0 Å². The fourth-order valence-electron chi connectivity index (χ4n) is 2.74. The lowest BCUT2D eigenvalue weighted by Gasteiger charge is -2.18. The fraction of sp³-hybridized carbons (Fsp3) is 1.00. The first-order valence-electron chi connectivity index (χ1n) is 6.39. The van der Waals surface area contributed by atoms with Gasteiger partial charge in [-0.05, 0) is 31.2 Å². The summed E-state index contributed by atoms with van der Waals surface area (Å²) in [6.07, 6.45) is 2.56. The Hall–Kier alpha value is -0.160. The number of nitrogens with zero attached hydrogens (tertiary/aromatic N) is 1. The van der Waals surface area contributed by atoms with Gasteiger partial charge in [0.15, 0.2) is 0 Å². The highest BCUT2D eigenvalue weighted by molar-refractivity contribution is 4.82. The molecule has 2 unspecified atom stereocenters. The topological polar surface area (TPSA) is 41.9 Å². The zero-order valence-electron chi connectivity index (χ0n) is 9.94. The first-order chi connectivity index (χ1) is 7.90. The summed E-state index contributed by atoms with van der Waals surface area (Å²) in [5, 5.41) is 8.59. The highest BCUT2D eigenvalue weighted by Crippen LogP contribution is 2.29. The van der Waals surface area contributed by atoms with Crippen molar-refractivity contribution in [1.29, 1.82) is 0 Å². The van der Waals surface area contributed by atoms with Gasteiger partial charge in [-0.25, -0.2) is 0 Å². The monoisotopic (exact) mass is 229 g/mol. The third-order valence-corrected chi connectivity index (χ3v) is 3.73. The molecule has 2 fully saturated rings. The van der Waals surface area contributed by atoms with Crippen LogP contribution in [0.1, 0.15) is 12.8 Å². The molecular formula is C12H23NO3. The van der Waals surface area contributed by atoms with Crippen LogP contribution in [0.15, 0.2) is 0 Å². The Bertz CT molecular complexity index is 195. The van der Waals surface area contributed by atoms with Gasteiger partial charge >= 0.3 is 0 Å². The highest BCUT2D eigenvalue weighted by atomic mass is 16.5. The van der Waals surface area contributed by atoms with Crippen LogP contribution in [0.3, 0.4) is 0 Å². The molecule has 2 saturated heterocycles. The summed E-state index contributed by atoms with van der Waals surface area (Å²) < 4.78 is 10.7. The average molecular weight is 229 g/mol. The van der Waals surface area contributed by atoms with Crippen molar-refractivity contribution in [3.63, 3.8) is 0 Å². The van der Waals surface area contributed by atoms with Crippen molar-refractivity contribution in [2.24, 2.45) is 11.8 Å². The van der Waals surface area contributed by atoms with E-state index in [4.69, 9.17) is 14.6 Å². The summed E-state index contributed by atoms with van der Waals surface area (Å²) in [5.74, 6) is 1.63. The van der Waals surface area contributed by atoms with E-state index in [1.54, 1.807) is 0 Å². The van der Waals surface area contributed by atoms with E-state index in [1.807, 2.05) is 0 Å². The Labute approximate surface area is 97.5 Å². The second-order valence-corrected chi connectivity index (χ2v) is 4.81. The van der Waals surface area contributed by atoms with E-state index < -0.39 is 0 Å². The molecule has 0 spiro atoms. The molecule has 0 bridgehead atoms. The molecule has 4 heteroatoms. The van der Waals surface area contributed by atoms with Crippen molar-refractivity contribution in [3.05, 3.63) is 0 Å². The normalized spacial score (nSPS) is 31.3. The third kappa shape index (κ3) is 3.42. The van der Waals surface area contributed by atoms with Gasteiger partial charge in [0.2, 0.25) is 0 Å². The lowest BCUT2D eigenvalue weighted by atomic mass is 9.91. The largest absolute Gasteiger partial charge is 0.394 e. The molecule has 4 nitrogen and oxygen atoms in total. The van der Waals surface area contributed by atoms with Crippen LogP contribution in [-0.4, -0.2) is 62.7 Å². The molecule has 0 aromatic carbocycles. The second kappa shape index (κ2) is 6.55. The molecule has 0 aromatic heterocycles. The minimum atomic E-state index is 0.127. The van der Waals surface area contributed by atoms with Gasteiger partial charge in [-0.1, -0.05) is 0 Å². The average Bonchev–Trinajstić information content (AvgIpc) is 2.94. The number of aliphatic hydroxyl groups excluding tert-OH is 1. The van der Waals surface area contributed by atoms with E-state index in [9.17, 15) is 0 Å². The highest BCUT2D eigenvalue weighted by Gasteiger charge is 2.31. The molecule has 94 valence electrons. The molecule has 16 heavy (non-hydrogen) atoms. The first-order valence-corrected chi connectivity index (χ1v) is 6.39. The SMILES string of the molecule is OCCOCCN1CCC(C2CCOC2)C1. The van der Waals surface area contributed by atoms with E-state index in [-0.39, 0.29) is 6.61 Å². The van der Waals surface area contributed by atoms with Crippen molar-refractivity contribution in [2.45, 2.75) is 12.8 Å². The lowest BCUT2D eigenvalue weighted by molar-refractivity contribution is 0.0767.